The summed E-state index contributed by atoms with van der Waals surface area (Å²) in [5.41, 5.74) is 7.29. The van der Waals surface area contributed by atoms with Crippen molar-refractivity contribution < 1.29 is 13.2 Å². The number of amides is 1. The van der Waals surface area contributed by atoms with Crippen molar-refractivity contribution >= 4 is 39.7 Å². The molecule has 0 aromatic heterocycles. The van der Waals surface area contributed by atoms with Gasteiger partial charge in [0.1, 0.15) is 0 Å². The van der Waals surface area contributed by atoms with Gasteiger partial charge in [0, 0.05) is 23.3 Å². The molecule has 8 heteroatoms. The topological polar surface area (TPSA) is 101 Å². The van der Waals surface area contributed by atoms with Crippen molar-refractivity contribution in [2.24, 2.45) is 0 Å². The quantitative estimate of drug-likeness (QED) is 0.634. The molecule has 0 aliphatic rings. The molecule has 6 nitrogen and oxygen atoms in total. The van der Waals surface area contributed by atoms with E-state index in [0.717, 1.165) is 5.56 Å². The van der Waals surface area contributed by atoms with Gasteiger partial charge in [0.05, 0.1) is 4.90 Å². The molecule has 2 aromatic carbocycles. The highest BCUT2D eigenvalue weighted by Crippen LogP contribution is 2.18. The molecule has 0 aliphatic heterocycles. The predicted molar refractivity (Wildman–Crippen MR) is 112 cm³/mol. The van der Waals surface area contributed by atoms with Gasteiger partial charge in [0.25, 0.3) is 0 Å². The highest BCUT2D eigenvalue weighted by molar-refractivity contribution is 7.89. The Kier molecular flexibility index (Phi) is 7.83. The molecule has 0 unspecified atom stereocenters. The van der Waals surface area contributed by atoms with Gasteiger partial charge in [-0.2, -0.15) is 0 Å². The van der Waals surface area contributed by atoms with E-state index in [1.54, 1.807) is 39.0 Å². The Hall–Kier alpha value is -2.09. The fourth-order valence-electron chi connectivity index (χ4n) is 2.44. The lowest BCUT2D eigenvalue weighted by Crippen LogP contribution is -2.40. The summed E-state index contributed by atoms with van der Waals surface area (Å²) in [6.45, 7) is 5.31. The van der Waals surface area contributed by atoms with Crippen molar-refractivity contribution in [3.8, 4) is 0 Å². The number of nitrogen functional groups attached to an aromatic ring is 1. The second-order valence-corrected chi connectivity index (χ2v) is 8.81. The Bertz CT molecular complexity index is 893. The second-order valence-electron chi connectivity index (χ2n) is 7.13. The van der Waals surface area contributed by atoms with Crippen LogP contribution in [0.1, 0.15) is 32.8 Å². The number of hydrogen-bond donors (Lipinski definition) is 3. The van der Waals surface area contributed by atoms with Gasteiger partial charge < -0.3 is 11.1 Å². The lowest BCUT2D eigenvalue weighted by atomic mass is 10.1. The highest BCUT2D eigenvalue weighted by atomic mass is 35.5. The van der Waals surface area contributed by atoms with Gasteiger partial charge in [0.15, 0.2) is 0 Å². The molecule has 0 heterocycles. The molecule has 2 rings (SSSR count). The van der Waals surface area contributed by atoms with Crippen LogP contribution in [0.5, 0.6) is 0 Å². The van der Waals surface area contributed by atoms with Crippen molar-refractivity contribution in [2.75, 3.05) is 11.1 Å². The zero-order valence-electron chi connectivity index (χ0n) is 15.7. The minimum Gasteiger partial charge on any atom is -0.399 e. The van der Waals surface area contributed by atoms with Crippen molar-refractivity contribution in [1.29, 1.82) is 0 Å². The zero-order chi connectivity index (χ0) is 19.4. The smallest absolute Gasteiger partial charge is 0.241 e. The summed E-state index contributed by atoms with van der Waals surface area (Å²) in [5, 5.41) is 2.73. The van der Waals surface area contributed by atoms with Crippen LogP contribution in [0.25, 0.3) is 0 Å². The third-order valence-corrected chi connectivity index (χ3v) is 5.30. The number of para-hydroxylation sites is 1. The molecule has 0 saturated carbocycles. The van der Waals surface area contributed by atoms with Gasteiger partial charge >= 0.3 is 0 Å². The van der Waals surface area contributed by atoms with Gasteiger partial charge in [0.2, 0.25) is 15.9 Å². The first-order chi connectivity index (χ1) is 12.1. The van der Waals surface area contributed by atoms with Crippen LogP contribution in [-0.2, 0) is 21.2 Å². The van der Waals surface area contributed by atoms with E-state index < -0.39 is 15.6 Å². The normalized spacial score (nSPS) is 11.5. The number of carbonyl (C=O) groups is 1. The third-order valence-electron chi connectivity index (χ3n) is 3.55. The van der Waals surface area contributed by atoms with Crippen LogP contribution in [-0.4, -0.2) is 19.9 Å². The number of anilines is 2. The third kappa shape index (κ3) is 7.21. The maximum atomic E-state index is 12.4. The summed E-state index contributed by atoms with van der Waals surface area (Å²) in [7, 11) is -3.65. The van der Waals surface area contributed by atoms with E-state index in [9.17, 15) is 13.2 Å². The number of halogens is 1. The molecule has 0 bridgehead atoms. The van der Waals surface area contributed by atoms with Crippen molar-refractivity contribution in [3.63, 3.8) is 0 Å². The first-order valence-electron chi connectivity index (χ1n) is 8.34. The molecule has 0 spiro atoms. The Morgan fingerprint density at radius 2 is 1.74 bits per heavy atom. The van der Waals surface area contributed by atoms with Crippen LogP contribution in [0.3, 0.4) is 0 Å². The number of nitrogens with one attached hydrogen (secondary N) is 2. The van der Waals surface area contributed by atoms with Crippen LogP contribution < -0.4 is 15.8 Å². The van der Waals surface area contributed by atoms with Crippen molar-refractivity contribution in [3.05, 3.63) is 54.1 Å². The second kappa shape index (κ2) is 9.21. The molecule has 2 aromatic rings. The van der Waals surface area contributed by atoms with Gasteiger partial charge in [-0.25, -0.2) is 13.1 Å². The van der Waals surface area contributed by atoms with E-state index in [1.807, 2.05) is 18.2 Å². The molecule has 1 amide bonds. The van der Waals surface area contributed by atoms with Gasteiger partial charge in [-0.1, -0.05) is 24.3 Å². The average molecular weight is 412 g/mol. The van der Waals surface area contributed by atoms with E-state index in [1.165, 1.54) is 12.1 Å². The van der Waals surface area contributed by atoms with E-state index >= 15 is 0 Å². The molecule has 0 saturated heterocycles. The fourth-order valence-corrected chi connectivity index (χ4v) is 3.90. The lowest BCUT2D eigenvalue weighted by molar-refractivity contribution is -0.116. The molecule has 0 radical (unpaired) electrons. The molecule has 148 valence electrons. The van der Waals surface area contributed by atoms with Crippen LogP contribution >= 0.6 is 12.4 Å². The van der Waals surface area contributed by atoms with Crippen LogP contribution in [0.4, 0.5) is 11.4 Å². The number of sulfonamides is 1. The first-order valence-corrected chi connectivity index (χ1v) is 9.82. The summed E-state index contributed by atoms with van der Waals surface area (Å²) in [4.78, 5) is 12.3. The Morgan fingerprint density at radius 3 is 2.37 bits per heavy atom. The molecule has 4 N–H and O–H groups in total. The Labute approximate surface area is 167 Å². The SMILES string of the molecule is CC(C)(C)NS(=O)(=O)c1cccc(NC(=O)CCc2ccccc2N)c1.Cl. The zero-order valence-corrected chi connectivity index (χ0v) is 17.3. The number of hydrogen-bond acceptors (Lipinski definition) is 4. The number of nitrogens with two attached hydrogens (primary N) is 1. The van der Waals surface area contributed by atoms with Crippen LogP contribution in [0.15, 0.2) is 53.4 Å². The van der Waals surface area contributed by atoms with Crippen LogP contribution in [0.2, 0.25) is 0 Å². The number of benzene rings is 2. The maximum Gasteiger partial charge on any atom is 0.241 e. The lowest BCUT2D eigenvalue weighted by Gasteiger charge is -2.20. The molecular formula is C19H26ClN3O3S. The Balaban J connectivity index is 0.00000364. The standard InChI is InChI=1S/C19H25N3O3S.ClH/c1-19(2,3)22-26(24,25)16-9-6-8-15(13-16)21-18(23)12-11-14-7-4-5-10-17(14)20;/h4-10,13,22H,11-12,20H2,1-3H3,(H,21,23);1H. The summed E-state index contributed by atoms with van der Waals surface area (Å²) in [6.07, 6.45) is 0.771. The van der Waals surface area contributed by atoms with Crippen molar-refractivity contribution in [1.82, 2.24) is 4.72 Å². The molecule has 0 fully saturated rings. The van der Waals surface area contributed by atoms with Gasteiger partial charge in [-0.05, 0) is 57.0 Å². The van der Waals surface area contributed by atoms with E-state index in [4.69, 9.17) is 5.73 Å². The van der Waals surface area contributed by atoms with Gasteiger partial charge in [-0.15, -0.1) is 12.4 Å². The fraction of sp³-hybridized carbons (Fsp3) is 0.316. The molecule has 0 aliphatic carbocycles. The molecular weight excluding hydrogens is 386 g/mol. The predicted octanol–water partition coefficient (Wildman–Crippen LogP) is 3.34. The summed E-state index contributed by atoms with van der Waals surface area (Å²) in [6, 6.07) is 13.6. The monoisotopic (exact) mass is 411 g/mol. The van der Waals surface area contributed by atoms with Gasteiger partial charge in [-0.3, -0.25) is 4.79 Å². The summed E-state index contributed by atoms with van der Waals surface area (Å²) >= 11 is 0. The Morgan fingerprint density at radius 1 is 1.07 bits per heavy atom. The summed E-state index contributed by atoms with van der Waals surface area (Å²) < 4.78 is 27.4. The molecule has 0 atom stereocenters. The first kappa shape index (κ1) is 23.0. The van der Waals surface area contributed by atoms with E-state index in [0.29, 0.717) is 17.8 Å². The summed E-state index contributed by atoms with van der Waals surface area (Å²) in [5.74, 6) is -0.202. The van der Waals surface area contributed by atoms with Crippen molar-refractivity contribution in [2.45, 2.75) is 44.0 Å². The average Bonchev–Trinajstić information content (AvgIpc) is 2.52. The largest absolute Gasteiger partial charge is 0.399 e. The highest BCUT2D eigenvalue weighted by Gasteiger charge is 2.22. The number of rotatable bonds is 6. The number of carbonyl (C=O) groups excluding carboxylic acids is 1. The number of aryl methyl sites for hydroxylation is 1. The van der Waals surface area contributed by atoms with E-state index in [-0.39, 0.29) is 29.6 Å². The molecule has 27 heavy (non-hydrogen) atoms. The van der Waals surface area contributed by atoms with Crippen LogP contribution in [0, 0.1) is 0 Å². The minimum atomic E-state index is -3.65. The minimum absolute atomic E-state index is 0. The van der Waals surface area contributed by atoms with E-state index in [2.05, 4.69) is 10.0 Å². The maximum absolute atomic E-state index is 12.4.